The smallest absolute Gasteiger partial charge is 0.234 e. The van der Waals surface area contributed by atoms with E-state index in [1.165, 1.54) is 23.9 Å². The lowest BCUT2D eigenvalue weighted by molar-refractivity contribution is -0.113. The van der Waals surface area contributed by atoms with Gasteiger partial charge in [0.15, 0.2) is 17.1 Å². The summed E-state index contributed by atoms with van der Waals surface area (Å²) in [4.78, 5) is 12.6. The number of ether oxygens (including phenoxy) is 1. The van der Waals surface area contributed by atoms with Crippen LogP contribution in [0.1, 0.15) is 43.8 Å². The van der Waals surface area contributed by atoms with E-state index in [0.29, 0.717) is 29.2 Å². The lowest BCUT2D eigenvalue weighted by atomic mass is 10.1. The molecule has 1 amide bonds. The molecule has 170 valence electrons. The number of hydrogen-bond acceptors (Lipinski definition) is 5. The van der Waals surface area contributed by atoms with Crippen molar-refractivity contribution in [3.8, 4) is 5.75 Å². The molecular weight excluding hydrogens is 427 g/mol. The zero-order valence-electron chi connectivity index (χ0n) is 19.1. The molecule has 1 heterocycles. The van der Waals surface area contributed by atoms with Crippen LogP contribution < -0.4 is 10.1 Å². The van der Waals surface area contributed by atoms with E-state index in [9.17, 15) is 9.18 Å². The van der Waals surface area contributed by atoms with E-state index in [1.54, 1.807) is 12.1 Å². The molecule has 0 saturated heterocycles. The summed E-state index contributed by atoms with van der Waals surface area (Å²) in [6.45, 7) is 10.7. The highest BCUT2D eigenvalue weighted by atomic mass is 32.2. The largest absolute Gasteiger partial charge is 0.483 e. The van der Waals surface area contributed by atoms with Crippen LogP contribution in [-0.2, 0) is 11.3 Å². The van der Waals surface area contributed by atoms with Crippen LogP contribution in [-0.4, -0.2) is 26.4 Å². The molecule has 0 bridgehead atoms. The number of aryl methyl sites for hydroxylation is 2. The number of anilines is 1. The fraction of sp³-hybridized carbons (Fsp3) is 0.375. The van der Waals surface area contributed by atoms with Gasteiger partial charge in [0, 0.05) is 12.2 Å². The lowest BCUT2D eigenvalue weighted by Gasteiger charge is -2.18. The number of nitrogens with zero attached hydrogens (tertiary/aromatic N) is 3. The molecule has 1 aromatic heterocycles. The first-order valence-corrected chi connectivity index (χ1v) is 11.6. The summed E-state index contributed by atoms with van der Waals surface area (Å²) in [6.07, 6.45) is -0.385. The minimum absolute atomic E-state index is 0.0938. The number of carbonyl (C=O) groups excluding carboxylic acids is 1. The molecule has 2 aromatic carbocycles. The van der Waals surface area contributed by atoms with Crippen LogP contribution in [0.15, 0.2) is 47.6 Å². The molecule has 0 aliphatic carbocycles. The number of nitrogens with one attached hydrogen (secondary N) is 1. The van der Waals surface area contributed by atoms with Crippen molar-refractivity contribution >= 4 is 23.4 Å². The molecule has 3 rings (SSSR count). The average Bonchev–Trinajstić information content (AvgIpc) is 3.13. The molecule has 32 heavy (non-hydrogen) atoms. The van der Waals surface area contributed by atoms with Crippen LogP contribution in [0.2, 0.25) is 0 Å². The standard InChI is InChI=1S/C24H29FN4O2S/c1-15(2)13-29-23(18(5)31-20-11-9-19(25)10-12-20)27-28-24(29)32-14-21(30)26-22-16(3)7-6-8-17(22)4/h6-12,15,18H,13-14H2,1-5H3,(H,26,30). The topological polar surface area (TPSA) is 69.0 Å². The molecule has 3 aromatic rings. The highest BCUT2D eigenvalue weighted by Crippen LogP contribution is 2.26. The van der Waals surface area contributed by atoms with Crippen LogP contribution in [0.25, 0.3) is 0 Å². The van der Waals surface area contributed by atoms with Crippen LogP contribution >= 0.6 is 11.8 Å². The fourth-order valence-electron chi connectivity index (χ4n) is 3.33. The van der Waals surface area contributed by atoms with Gasteiger partial charge in [0.05, 0.1) is 5.75 Å². The van der Waals surface area contributed by atoms with Gasteiger partial charge >= 0.3 is 0 Å². The van der Waals surface area contributed by atoms with E-state index in [2.05, 4.69) is 29.4 Å². The molecule has 1 N–H and O–H groups in total. The van der Waals surface area contributed by atoms with E-state index in [0.717, 1.165) is 16.8 Å². The zero-order chi connectivity index (χ0) is 23.3. The van der Waals surface area contributed by atoms with Crippen LogP contribution in [0.4, 0.5) is 10.1 Å². The van der Waals surface area contributed by atoms with Gasteiger partial charge in [0.25, 0.3) is 0 Å². The SMILES string of the molecule is Cc1cccc(C)c1NC(=O)CSc1nnc(C(C)Oc2ccc(F)cc2)n1CC(C)C. The Balaban J connectivity index is 1.71. The van der Waals surface area contributed by atoms with Gasteiger partial charge in [-0.1, -0.05) is 43.8 Å². The summed E-state index contributed by atoms with van der Waals surface area (Å²) in [5, 5.41) is 12.3. The second-order valence-corrected chi connectivity index (χ2v) is 9.11. The molecule has 0 saturated carbocycles. The molecule has 0 fully saturated rings. The van der Waals surface area contributed by atoms with Crippen molar-refractivity contribution < 1.29 is 13.9 Å². The van der Waals surface area contributed by atoms with Crippen molar-refractivity contribution in [1.82, 2.24) is 14.8 Å². The van der Waals surface area contributed by atoms with Gasteiger partial charge in [-0.2, -0.15) is 0 Å². The van der Waals surface area contributed by atoms with Crippen molar-refractivity contribution in [2.45, 2.75) is 52.4 Å². The first-order chi connectivity index (χ1) is 15.2. The highest BCUT2D eigenvalue weighted by molar-refractivity contribution is 7.99. The number of carbonyl (C=O) groups is 1. The summed E-state index contributed by atoms with van der Waals surface area (Å²) in [5.41, 5.74) is 2.91. The maximum atomic E-state index is 13.2. The van der Waals surface area contributed by atoms with Gasteiger partial charge in [0.1, 0.15) is 11.6 Å². The number of thioether (sulfide) groups is 1. The zero-order valence-corrected chi connectivity index (χ0v) is 19.9. The molecule has 0 spiro atoms. The van der Waals surface area contributed by atoms with E-state index in [4.69, 9.17) is 4.74 Å². The molecule has 0 aliphatic rings. The molecule has 0 aliphatic heterocycles. The van der Waals surface area contributed by atoms with Crippen molar-refractivity contribution in [2.75, 3.05) is 11.1 Å². The van der Waals surface area contributed by atoms with Crippen molar-refractivity contribution in [1.29, 1.82) is 0 Å². The molecule has 0 radical (unpaired) electrons. The Morgan fingerprint density at radius 2 is 1.75 bits per heavy atom. The quantitative estimate of drug-likeness (QED) is 0.427. The van der Waals surface area contributed by atoms with Gasteiger partial charge < -0.3 is 14.6 Å². The summed E-state index contributed by atoms with van der Waals surface area (Å²) >= 11 is 1.35. The van der Waals surface area contributed by atoms with E-state index >= 15 is 0 Å². The third-order valence-corrected chi connectivity index (χ3v) is 5.83. The summed E-state index contributed by atoms with van der Waals surface area (Å²) in [7, 11) is 0. The van der Waals surface area contributed by atoms with Gasteiger partial charge in [-0.3, -0.25) is 4.79 Å². The normalized spacial score (nSPS) is 12.1. The second-order valence-electron chi connectivity index (χ2n) is 8.16. The van der Waals surface area contributed by atoms with E-state index in [1.807, 2.05) is 43.5 Å². The van der Waals surface area contributed by atoms with Crippen molar-refractivity contribution in [2.24, 2.45) is 5.92 Å². The molecule has 6 nitrogen and oxygen atoms in total. The van der Waals surface area contributed by atoms with Gasteiger partial charge in [0.2, 0.25) is 5.91 Å². The molecule has 8 heteroatoms. The average molecular weight is 457 g/mol. The Kier molecular flexibility index (Phi) is 7.90. The molecular formula is C24H29FN4O2S. The summed E-state index contributed by atoms with van der Waals surface area (Å²) < 4.78 is 21.1. The third-order valence-electron chi connectivity index (χ3n) is 4.86. The second kappa shape index (κ2) is 10.6. The number of benzene rings is 2. The first-order valence-electron chi connectivity index (χ1n) is 10.6. The Hall–Kier alpha value is -2.87. The lowest BCUT2D eigenvalue weighted by Crippen LogP contribution is -2.18. The minimum Gasteiger partial charge on any atom is -0.483 e. The van der Waals surface area contributed by atoms with E-state index in [-0.39, 0.29) is 23.6 Å². The van der Waals surface area contributed by atoms with Crippen molar-refractivity contribution in [3.05, 3.63) is 65.2 Å². The Morgan fingerprint density at radius 3 is 2.38 bits per heavy atom. The van der Waals surface area contributed by atoms with Gasteiger partial charge in [-0.25, -0.2) is 4.39 Å². The Labute approximate surface area is 192 Å². The van der Waals surface area contributed by atoms with Crippen LogP contribution in [0.3, 0.4) is 0 Å². The predicted octanol–water partition coefficient (Wildman–Crippen LogP) is 5.56. The maximum Gasteiger partial charge on any atom is 0.234 e. The van der Waals surface area contributed by atoms with Crippen molar-refractivity contribution in [3.63, 3.8) is 0 Å². The molecule has 1 unspecified atom stereocenters. The van der Waals surface area contributed by atoms with Crippen LogP contribution in [0, 0.1) is 25.6 Å². The molecule has 1 atom stereocenters. The third kappa shape index (κ3) is 6.09. The number of hydrogen-bond donors (Lipinski definition) is 1. The number of para-hydroxylation sites is 1. The maximum absolute atomic E-state index is 13.2. The van der Waals surface area contributed by atoms with E-state index < -0.39 is 0 Å². The summed E-state index contributed by atoms with van der Waals surface area (Å²) in [6, 6.07) is 11.8. The number of rotatable bonds is 9. The van der Waals surface area contributed by atoms with Gasteiger partial charge in [-0.15, -0.1) is 10.2 Å². The number of aromatic nitrogens is 3. The fourth-order valence-corrected chi connectivity index (χ4v) is 4.09. The first kappa shape index (κ1) is 23.8. The Bertz CT molecular complexity index is 1050. The monoisotopic (exact) mass is 456 g/mol. The number of amides is 1. The minimum atomic E-state index is -0.385. The van der Waals surface area contributed by atoms with Gasteiger partial charge in [-0.05, 0) is 62.1 Å². The highest BCUT2D eigenvalue weighted by Gasteiger charge is 2.21. The predicted molar refractivity (Wildman–Crippen MR) is 126 cm³/mol. The number of halogens is 1. The van der Waals surface area contributed by atoms with Crippen LogP contribution in [0.5, 0.6) is 5.75 Å². The Morgan fingerprint density at radius 1 is 1.09 bits per heavy atom. The summed E-state index contributed by atoms with van der Waals surface area (Å²) in [5.74, 6) is 1.39.